The zero-order chi connectivity index (χ0) is 15.7. The van der Waals surface area contributed by atoms with Crippen molar-refractivity contribution in [1.82, 2.24) is 15.0 Å². The maximum absolute atomic E-state index is 12.6. The number of hydrogen-bond acceptors (Lipinski definition) is 5. The summed E-state index contributed by atoms with van der Waals surface area (Å²) >= 11 is 0. The molecule has 0 aliphatic carbocycles. The Hall–Kier alpha value is -2.67. The minimum Gasteiger partial charge on any atom is -0.381 e. The number of nitrogens with zero attached hydrogens (tertiary/aromatic N) is 3. The quantitative estimate of drug-likeness (QED) is 0.798. The SMILES string of the molecule is Cc1ccccc1-n1nnc(S(=O)(=O)c2ccccc2)c1N. The number of para-hydroxylation sites is 1. The first kappa shape index (κ1) is 14.3. The maximum atomic E-state index is 12.6. The highest BCUT2D eigenvalue weighted by molar-refractivity contribution is 7.91. The van der Waals surface area contributed by atoms with E-state index in [1.54, 1.807) is 24.3 Å². The smallest absolute Gasteiger partial charge is 0.229 e. The molecule has 22 heavy (non-hydrogen) atoms. The lowest BCUT2D eigenvalue weighted by atomic mass is 10.2. The zero-order valence-electron chi connectivity index (χ0n) is 11.8. The van der Waals surface area contributed by atoms with Gasteiger partial charge in [0.25, 0.3) is 0 Å². The summed E-state index contributed by atoms with van der Waals surface area (Å²) in [5.74, 6) is -0.00171. The lowest BCUT2D eigenvalue weighted by molar-refractivity contribution is 0.592. The second kappa shape index (κ2) is 5.27. The molecule has 3 aromatic rings. The third kappa shape index (κ3) is 2.25. The van der Waals surface area contributed by atoms with Crippen molar-refractivity contribution < 1.29 is 8.42 Å². The first-order chi connectivity index (χ1) is 10.5. The van der Waals surface area contributed by atoms with Gasteiger partial charge in [0.05, 0.1) is 10.6 Å². The highest BCUT2D eigenvalue weighted by atomic mass is 32.2. The monoisotopic (exact) mass is 314 g/mol. The minimum atomic E-state index is -3.79. The summed E-state index contributed by atoms with van der Waals surface area (Å²) in [4.78, 5) is 0.138. The molecule has 0 saturated carbocycles. The molecule has 112 valence electrons. The van der Waals surface area contributed by atoms with Crippen molar-refractivity contribution in [1.29, 1.82) is 0 Å². The van der Waals surface area contributed by atoms with E-state index in [1.165, 1.54) is 16.8 Å². The molecule has 0 spiro atoms. The van der Waals surface area contributed by atoms with Gasteiger partial charge in [0.2, 0.25) is 14.9 Å². The molecule has 2 aromatic carbocycles. The lowest BCUT2D eigenvalue weighted by Gasteiger charge is -2.06. The van der Waals surface area contributed by atoms with Crippen molar-refractivity contribution in [3.05, 3.63) is 60.2 Å². The van der Waals surface area contributed by atoms with Crippen molar-refractivity contribution in [2.24, 2.45) is 0 Å². The Bertz CT molecular complexity index is 918. The van der Waals surface area contributed by atoms with E-state index in [9.17, 15) is 8.42 Å². The number of aryl methyl sites for hydroxylation is 1. The fourth-order valence-corrected chi connectivity index (χ4v) is 3.40. The second-order valence-corrected chi connectivity index (χ2v) is 6.66. The molecule has 0 amide bonds. The topological polar surface area (TPSA) is 90.9 Å². The second-order valence-electron chi connectivity index (χ2n) is 4.79. The average molecular weight is 314 g/mol. The van der Waals surface area contributed by atoms with Crippen molar-refractivity contribution in [2.75, 3.05) is 5.73 Å². The predicted octanol–water partition coefficient (Wildman–Crippen LogP) is 1.99. The number of hydrogen-bond donors (Lipinski definition) is 1. The molecule has 1 aromatic heterocycles. The molecule has 2 N–H and O–H groups in total. The fraction of sp³-hybridized carbons (Fsp3) is 0.0667. The van der Waals surface area contributed by atoms with Gasteiger partial charge in [0.15, 0.2) is 5.82 Å². The average Bonchev–Trinajstić information content (AvgIpc) is 2.91. The molecule has 0 aliphatic heterocycles. The van der Waals surface area contributed by atoms with Gasteiger partial charge >= 0.3 is 0 Å². The predicted molar refractivity (Wildman–Crippen MR) is 82.4 cm³/mol. The number of rotatable bonds is 3. The first-order valence-electron chi connectivity index (χ1n) is 6.59. The van der Waals surface area contributed by atoms with Crippen LogP contribution in [0.25, 0.3) is 5.69 Å². The Morgan fingerprint density at radius 1 is 1.00 bits per heavy atom. The third-order valence-corrected chi connectivity index (χ3v) is 5.02. The van der Waals surface area contributed by atoms with Crippen molar-refractivity contribution >= 4 is 15.7 Å². The van der Waals surface area contributed by atoms with Crippen LogP contribution in [-0.2, 0) is 9.84 Å². The van der Waals surface area contributed by atoms with E-state index in [2.05, 4.69) is 10.3 Å². The highest BCUT2D eigenvalue weighted by Gasteiger charge is 2.26. The van der Waals surface area contributed by atoms with Gasteiger partial charge in [-0.1, -0.05) is 41.6 Å². The van der Waals surface area contributed by atoms with Gasteiger partial charge in [-0.15, -0.1) is 5.10 Å². The summed E-state index contributed by atoms with van der Waals surface area (Å²) in [6.07, 6.45) is 0. The first-order valence-corrected chi connectivity index (χ1v) is 8.07. The van der Waals surface area contributed by atoms with Crippen LogP contribution in [0.4, 0.5) is 5.82 Å². The van der Waals surface area contributed by atoms with E-state index in [4.69, 9.17) is 5.73 Å². The highest BCUT2D eigenvalue weighted by Crippen LogP contribution is 2.26. The number of sulfone groups is 1. The molecule has 3 rings (SSSR count). The molecule has 0 aliphatic rings. The molecule has 0 radical (unpaired) electrons. The Morgan fingerprint density at radius 3 is 2.32 bits per heavy atom. The Labute approximate surface area is 128 Å². The standard InChI is InChI=1S/C15H14N4O2S/c1-11-7-5-6-10-13(11)19-14(16)15(17-18-19)22(20,21)12-8-3-2-4-9-12/h2-10H,16H2,1H3. The Balaban J connectivity index is 2.15. The normalized spacial score (nSPS) is 11.5. The third-order valence-electron chi connectivity index (χ3n) is 3.32. The molecule has 0 atom stereocenters. The van der Waals surface area contributed by atoms with E-state index in [-0.39, 0.29) is 15.7 Å². The largest absolute Gasteiger partial charge is 0.381 e. The van der Waals surface area contributed by atoms with E-state index in [0.29, 0.717) is 5.69 Å². The van der Waals surface area contributed by atoms with Crippen LogP contribution in [0.5, 0.6) is 0 Å². The van der Waals surface area contributed by atoms with Crippen LogP contribution < -0.4 is 5.73 Å². The summed E-state index contributed by atoms with van der Waals surface area (Å²) in [5, 5.41) is 7.45. The Morgan fingerprint density at radius 2 is 1.64 bits per heavy atom. The Kier molecular flexibility index (Phi) is 3.42. The fourth-order valence-electron chi connectivity index (χ4n) is 2.16. The van der Waals surface area contributed by atoms with Gasteiger partial charge in [-0.05, 0) is 30.7 Å². The molecule has 1 heterocycles. The van der Waals surface area contributed by atoms with Crippen LogP contribution in [-0.4, -0.2) is 23.4 Å². The molecular formula is C15H14N4O2S. The summed E-state index contributed by atoms with van der Waals surface area (Å²) < 4.78 is 26.5. The van der Waals surface area contributed by atoms with E-state index in [1.807, 2.05) is 25.1 Å². The van der Waals surface area contributed by atoms with Gasteiger partial charge in [-0.3, -0.25) is 0 Å². The maximum Gasteiger partial charge on any atom is 0.229 e. The van der Waals surface area contributed by atoms with Crippen LogP contribution in [0.2, 0.25) is 0 Å². The summed E-state index contributed by atoms with van der Waals surface area (Å²) in [6.45, 7) is 1.89. The molecule has 0 unspecified atom stereocenters. The molecule has 0 saturated heterocycles. The molecule has 0 fully saturated rings. The number of benzene rings is 2. The summed E-state index contributed by atoms with van der Waals surface area (Å²) in [5.41, 5.74) is 7.60. The number of nitrogen functional groups attached to an aromatic ring is 1. The van der Waals surface area contributed by atoms with Gasteiger partial charge in [0, 0.05) is 0 Å². The van der Waals surface area contributed by atoms with Crippen molar-refractivity contribution in [2.45, 2.75) is 16.8 Å². The minimum absolute atomic E-state index is 0.00171. The van der Waals surface area contributed by atoms with E-state index in [0.717, 1.165) is 5.56 Å². The molecule has 0 bridgehead atoms. The van der Waals surface area contributed by atoms with Crippen LogP contribution in [0.15, 0.2) is 64.5 Å². The summed E-state index contributed by atoms with van der Waals surface area (Å²) in [7, 11) is -3.79. The zero-order valence-corrected chi connectivity index (χ0v) is 12.7. The number of aromatic nitrogens is 3. The van der Waals surface area contributed by atoms with Crippen molar-refractivity contribution in [3.63, 3.8) is 0 Å². The van der Waals surface area contributed by atoms with Crippen LogP contribution in [0, 0.1) is 6.92 Å². The van der Waals surface area contributed by atoms with Crippen LogP contribution in [0.1, 0.15) is 5.56 Å². The van der Waals surface area contributed by atoms with E-state index >= 15 is 0 Å². The lowest BCUT2D eigenvalue weighted by Crippen LogP contribution is -2.08. The van der Waals surface area contributed by atoms with Crippen molar-refractivity contribution in [3.8, 4) is 5.69 Å². The van der Waals surface area contributed by atoms with Crippen LogP contribution in [0.3, 0.4) is 0 Å². The van der Waals surface area contributed by atoms with Gasteiger partial charge in [-0.2, -0.15) is 4.68 Å². The van der Waals surface area contributed by atoms with Gasteiger partial charge in [-0.25, -0.2) is 8.42 Å². The number of anilines is 1. The molecule has 6 nitrogen and oxygen atoms in total. The summed E-state index contributed by atoms with van der Waals surface area (Å²) in [6, 6.07) is 15.4. The van der Waals surface area contributed by atoms with Crippen LogP contribution >= 0.6 is 0 Å². The van der Waals surface area contributed by atoms with E-state index < -0.39 is 9.84 Å². The molecule has 7 heteroatoms. The number of nitrogens with two attached hydrogens (primary N) is 1. The van der Waals surface area contributed by atoms with Gasteiger partial charge in [0.1, 0.15) is 0 Å². The van der Waals surface area contributed by atoms with Gasteiger partial charge < -0.3 is 5.73 Å². The molecular weight excluding hydrogens is 300 g/mol.